The summed E-state index contributed by atoms with van der Waals surface area (Å²) in [4.78, 5) is 0. The maximum atomic E-state index is 13.9. The molecule has 0 fully saturated rings. The van der Waals surface area contributed by atoms with Gasteiger partial charge in [-0.25, -0.2) is 8.78 Å². The molecular formula is C18H15Cl2F2N3OS. The summed E-state index contributed by atoms with van der Waals surface area (Å²) in [5.74, 6) is 0.416. The molecule has 0 radical (unpaired) electrons. The number of halogens is 4. The zero-order chi connectivity index (χ0) is 19.6. The number of aromatic nitrogens is 3. The highest BCUT2D eigenvalue weighted by Crippen LogP contribution is 2.31. The topological polar surface area (TPSA) is 39.9 Å². The van der Waals surface area contributed by atoms with E-state index in [9.17, 15) is 8.78 Å². The first-order chi connectivity index (χ1) is 12.9. The van der Waals surface area contributed by atoms with Crippen molar-refractivity contribution in [2.45, 2.75) is 23.9 Å². The Balaban J connectivity index is 1.72. The average Bonchev–Trinajstić information content (AvgIpc) is 2.98. The van der Waals surface area contributed by atoms with Gasteiger partial charge < -0.3 is 9.30 Å². The second-order valence-electron chi connectivity index (χ2n) is 5.72. The molecule has 1 unspecified atom stereocenters. The standard InChI is InChI=1S/C18H15Cl2F2N3OS/c1-10(26-16-7-6-11(21)8-14(16)20)17-23-24-18(25(17)2)27-9-12-13(19)4-3-5-15(12)22/h3-8,10H,9H2,1-2H3. The molecule has 3 rings (SSSR count). The maximum Gasteiger partial charge on any atom is 0.191 e. The Morgan fingerprint density at radius 1 is 1.15 bits per heavy atom. The number of rotatable bonds is 6. The summed E-state index contributed by atoms with van der Waals surface area (Å²) in [7, 11) is 1.78. The van der Waals surface area contributed by atoms with Crippen LogP contribution in [-0.2, 0) is 12.8 Å². The fraction of sp³-hybridized carbons (Fsp3) is 0.222. The van der Waals surface area contributed by atoms with Gasteiger partial charge in [-0.05, 0) is 37.3 Å². The van der Waals surface area contributed by atoms with Gasteiger partial charge in [-0.2, -0.15) is 0 Å². The molecular weight excluding hydrogens is 415 g/mol. The van der Waals surface area contributed by atoms with Crippen molar-refractivity contribution in [2.75, 3.05) is 0 Å². The summed E-state index contributed by atoms with van der Waals surface area (Å²) < 4.78 is 34.6. The lowest BCUT2D eigenvalue weighted by atomic mass is 10.2. The third kappa shape index (κ3) is 4.54. The second-order valence-corrected chi connectivity index (χ2v) is 7.48. The number of ether oxygens (including phenoxy) is 1. The monoisotopic (exact) mass is 429 g/mol. The summed E-state index contributed by atoms with van der Waals surface area (Å²) in [6, 6.07) is 8.48. The van der Waals surface area contributed by atoms with Gasteiger partial charge >= 0.3 is 0 Å². The molecule has 0 N–H and O–H groups in total. The van der Waals surface area contributed by atoms with E-state index in [-0.39, 0.29) is 10.8 Å². The van der Waals surface area contributed by atoms with Crippen LogP contribution in [0.15, 0.2) is 41.6 Å². The van der Waals surface area contributed by atoms with Gasteiger partial charge in [0.05, 0.1) is 5.02 Å². The molecule has 1 heterocycles. The van der Waals surface area contributed by atoms with Gasteiger partial charge in [0.1, 0.15) is 17.4 Å². The molecule has 0 aliphatic heterocycles. The van der Waals surface area contributed by atoms with E-state index in [4.69, 9.17) is 27.9 Å². The van der Waals surface area contributed by atoms with Crippen LogP contribution in [0.3, 0.4) is 0 Å². The number of hydrogen-bond donors (Lipinski definition) is 0. The lowest BCUT2D eigenvalue weighted by Gasteiger charge is -2.15. The Labute approximate surface area is 169 Å². The van der Waals surface area contributed by atoms with Crippen LogP contribution < -0.4 is 4.74 Å². The predicted octanol–water partition coefficient (Wildman–Crippen LogP) is 5.83. The van der Waals surface area contributed by atoms with Crippen LogP contribution in [-0.4, -0.2) is 14.8 Å². The summed E-state index contributed by atoms with van der Waals surface area (Å²) >= 11 is 13.4. The number of nitrogens with zero attached hydrogens (tertiary/aromatic N) is 3. The zero-order valence-corrected chi connectivity index (χ0v) is 16.7. The highest BCUT2D eigenvalue weighted by atomic mass is 35.5. The molecule has 1 atom stereocenters. The van der Waals surface area contributed by atoms with Crippen LogP contribution in [0.4, 0.5) is 8.78 Å². The van der Waals surface area contributed by atoms with Crippen molar-refractivity contribution >= 4 is 35.0 Å². The molecule has 0 bridgehead atoms. The Morgan fingerprint density at radius 3 is 2.63 bits per heavy atom. The lowest BCUT2D eigenvalue weighted by molar-refractivity contribution is 0.211. The van der Waals surface area contributed by atoms with Crippen molar-refractivity contribution in [2.24, 2.45) is 7.05 Å². The summed E-state index contributed by atoms with van der Waals surface area (Å²) in [5, 5.41) is 9.40. The number of benzene rings is 2. The highest BCUT2D eigenvalue weighted by molar-refractivity contribution is 7.98. The molecule has 1 aromatic heterocycles. The normalized spacial score (nSPS) is 12.2. The first-order valence-corrected chi connectivity index (χ1v) is 9.67. The van der Waals surface area contributed by atoms with E-state index in [1.165, 1.54) is 36.0 Å². The molecule has 0 aliphatic carbocycles. The van der Waals surface area contributed by atoms with E-state index < -0.39 is 11.9 Å². The van der Waals surface area contributed by atoms with Gasteiger partial charge in [-0.15, -0.1) is 10.2 Å². The number of hydrogen-bond acceptors (Lipinski definition) is 4. The van der Waals surface area contributed by atoms with Gasteiger partial charge in [0, 0.05) is 23.4 Å². The molecule has 2 aromatic carbocycles. The minimum Gasteiger partial charge on any atom is -0.481 e. The molecule has 0 saturated heterocycles. The lowest BCUT2D eigenvalue weighted by Crippen LogP contribution is -2.10. The Hall–Kier alpha value is -1.83. The second kappa shape index (κ2) is 8.46. The van der Waals surface area contributed by atoms with Crippen molar-refractivity contribution in [3.8, 4) is 5.75 Å². The van der Waals surface area contributed by atoms with Gasteiger partial charge in [0.2, 0.25) is 0 Å². The molecule has 142 valence electrons. The maximum absolute atomic E-state index is 13.9. The summed E-state index contributed by atoms with van der Waals surface area (Å²) in [6.07, 6.45) is -0.475. The molecule has 0 saturated carbocycles. The van der Waals surface area contributed by atoms with E-state index in [1.54, 1.807) is 30.7 Å². The van der Waals surface area contributed by atoms with Crippen molar-refractivity contribution in [3.63, 3.8) is 0 Å². The third-order valence-corrected chi connectivity index (χ3v) is 5.53. The fourth-order valence-electron chi connectivity index (χ4n) is 2.43. The van der Waals surface area contributed by atoms with E-state index in [0.717, 1.165) is 0 Å². The number of thioether (sulfide) groups is 1. The minimum absolute atomic E-state index is 0.174. The van der Waals surface area contributed by atoms with Gasteiger partial charge in [0.15, 0.2) is 17.1 Å². The Morgan fingerprint density at radius 2 is 1.93 bits per heavy atom. The molecule has 0 aliphatic rings. The molecule has 0 spiro atoms. The zero-order valence-electron chi connectivity index (χ0n) is 14.4. The van der Waals surface area contributed by atoms with Gasteiger partial charge in [0.25, 0.3) is 0 Å². The van der Waals surface area contributed by atoms with E-state index in [2.05, 4.69) is 10.2 Å². The molecule has 3 aromatic rings. The highest BCUT2D eigenvalue weighted by Gasteiger charge is 2.19. The van der Waals surface area contributed by atoms with Crippen molar-refractivity contribution < 1.29 is 13.5 Å². The van der Waals surface area contributed by atoms with E-state index in [1.807, 2.05) is 0 Å². The minimum atomic E-state index is -0.475. The third-order valence-electron chi connectivity index (χ3n) is 3.84. The van der Waals surface area contributed by atoms with Crippen molar-refractivity contribution in [3.05, 3.63) is 69.5 Å². The van der Waals surface area contributed by atoms with Crippen LogP contribution in [0.2, 0.25) is 10.0 Å². The SMILES string of the molecule is CC(Oc1ccc(F)cc1Cl)c1nnc(SCc2c(F)cccc2Cl)n1C. The van der Waals surface area contributed by atoms with Crippen LogP contribution in [0.5, 0.6) is 5.75 Å². The molecule has 0 amide bonds. The van der Waals surface area contributed by atoms with E-state index >= 15 is 0 Å². The van der Waals surface area contributed by atoms with Crippen molar-refractivity contribution in [1.29, 1.82) is 0 Å². The molecule has 9 heteroatoms. The Kier molecular flexibility index (Phi) is 6.24. The predicted molar refractivity (Wildman–Crippen MR) is 102 cm³/mol. The smallest absolute Gasteiger partial charge is 0.191 e. The first-order valence-electron chi connectivity index (χ1n) is 7.93. The summed E-state index contributed by atoms with van der Waals surface area (Å²) in [6.45, 7) is 1.78. The van der Waals surface area contributed by atoms with Crippen LogP contribution >= 0.6 is 35.0 Å². The average molecular weight is 430 g/mol. The van der Waals surface area contributed by atoms with Crippen molar-refractivity contribution in [1.82, 2.24) is 14.8 Å². The van der Waals surface area contributed by atoms with Crippen LogP contribution in [0.1, 0.15) is 24.4 Å². The first kappa shape index (κ1) is 19.9. The summed E-state index contributed by atoms with van der Waals surface area (Å²) in [5.41, 5.74) is 0.413. The van der Waals surface area contributed by atoms with Crippen LogP contribution in [0.25, 0.3) is 0 Å². The fourth-order valence-corrected chi connectivity index (χ4v) is 3.90. The van der Waals surface area contributed by atoms with Crippen LogP contribution in [0, 0.1) is 11.6 Å². The molecule has 4 nitrogen and oxygen atoms in total. The largest absolute Gasteiger partial charge is 0.481 e. The quantitative estimate of drug-likeness (QED) is 0.461. The molecule has 27 heavy (non-hydrogen) atoms. The van der Waals surface area contributed by atoms with Gasteiger partial charge in [-0.1, -0.05) is 41.0 Å². The van der Waals surface area contributed by atoms with Gasteiger partial charge in [-0.3, -0.25) is 0 Å². The van der Waals surface area contributed by atoms with E-state index in [0.29, 0.717) is 33.1 Å². The Bertz CT molecular complexity index is 948.